The molecule has 0 spiro atoms. The molecule has 2 rings (SSSR count). The van der Waals surface area contributed by atoms with Crippen LogP contribution in [0.1, 0.15) is 32.3 Å². The molecule has 0 radical (unpaired) electrons. The van der Waals surface area contributed by atoms with Crippen LogP contribution >= 0.6 is 0 Å². The molecule has 2 N–H and O–H groups in total. The van der Waals surface area contributed by atoms with E-state index in [4.69, 9.17) is 0 Å². The smallest absolute Gasteiger partial charge is 0.240 e. The van der Waals surface area contributed by atoms with E-state index in [1.807, 2.05) is 13.0 Å². The van der Waals surface area contributed by atoms with Gasteiger partial charge in [0.25, 0.3) is 0 Å². The summed E-state index contributed by atoms with van der Waals surface area (Å²) in [6, 6.07) is 5.34. The van der Waals surface area contributed by atoms with E-state index in [0.29, 0.717) is 17.4 Å². The third kappa shape index (κ3) is 3.48. The molecule has 0 saturated carbocycles. The summed E-state index contributed by atoms with van der Waals surface area (Å²) in [5.41, 5.74) is 2.16. The molecule has 1 aromatic rings. The predicted octanol–water partition coefficient (Wildman–Crippen LogP) is 2.37. The van der Waals surface area contributed by atoms with Gasteiger partial charge in [-0.2, -0.15) is 0 Å². The lowest BCUT2D eigenvalue weighted by Gasteiger charge is -2.19. The summed E-state index contributed by atoms with van der Waals surface area (Å²) in [5, 5.41) is 3.29. The number of fused-ring (bicyclic) bond motifs is 1. The van der Waals surface area contributed by atoms with E-state index < -0.39 is 10.0 Å². The van der Waals surface area contributed by atoms with Crippen molar-refractivity contribution in [2.24, 2.45) is 5.92 Å². The van der Waals surface area contributed by atoms with Crippen LogP contribution in [-0.4, -0.2) is 21.5 Å². The van der Waals surface area contributed by atoms with Gasteiger partial charge in [-0.05, 0) is 42.5 Å². The molecule has 1 aromatic carbocycles. The quantitative estimate of drug-likeness (QED) is 0.871. The molecular weight excluding hydrogens is 260 g/mol. The van der Waals surface area contributed by atoms with E-state index in [9.17, 15) is 8.42 Å². The lowest BCUT2D eigenvalue weighted by atomic mass is 10.0. The van der Waals surface area contributed by atoms with Crippen molar-refractivity contribution in [2.75, 3.05) is 18.4 Å². The van der Waals surface area contributed by atoms with Crippen molar-refractivity contribution in [2.45, 2.75) is 38.0 Å². The Balaban J connectivity index is 2.16. The number of anilines is 1. The zero-order valence-corrected chi connectivity index (χ0v) is 12.4. The van der Waals surface area contributed by atoms with Gasteiger partial charge in [0.15, 0.2) is 0 Å². The summed E-state index contributed by atoms with van der Waals surface area (Å²) < 4.78 is 27.1. The minimum absolute atomic E-state index is 0.356. The van der Waals surface area contributed by atoms with Crippen LogP contribution in [0.4, 0.5) is 5.69 Å². The Kier molecular flexibility index (Phi) is 4.47. The molecule has 0 fully saturated rings. The second kappa shape index (κ2) is 5.92. The van der Waals surface area contributed by atoms with Gasteiger partial charge in [-0.3, -0.25) is 0 Å². The van der Waals surface area contributed by atoms with Gasteiger partial charge >= 0.3 is 0 Å². The second-order valence-electron chi connectivity index (χ2n) is 5.21. The topological polar surface area (TPSA) is 58.2 Å². The van der Waals surface area contributed by atoms with Crippen molar-refractivity contribution in [3.8, 4) is 0 Å². The maximum atomic E-state index is 12.2. The van der Waals surface area contributed by atoms with Gasteiger partial charge in [-0.25, -0.2) is 13.1 Å². The Morgan fingerprint density at radius 1 is 1.42 bits per heavy atom. The molecule has 5 heteroatoms. The number of sulfonamides is 1. The molecule has 106 valence electrons. The molecule has 1 heterocycles. The van der Waals surface area contributed by atoms with Crippen LogP contribution in [0.15, 0.2) is 23.1 Å². The van der Waals surface area contributed by atoms with Crippen LogP contribution in [0.3, 0.4) is 0 Å². The predicted molar refractivity (Wildman–Crippen MR) is 77.9 cm³/mol. The molecule has 0 aromatic heterocycles. The number of nitrogens with one attached hydrogen (secondary N) is 2. The molecular formula is C14H22N2O2S. The fourth-order valence-corrected chi connectivity index (χ4v) is 3.31. The highest BCUT2D eigenvalue weighted by molar-refractivity contribution is 7.89. The first-order valence-electron chi connectivity index (χ1n) is 6.89. The summed E-state index contributed by atoms with van der Waals surface area (Å²) in [5.74, 6) is 0.356. The summed E-state index contributed by atoms with van der Waals surface area (Å²) >= 11 is 0. The van der Waals surface area contributed by atoms with Crippen LogP contribution in [0.2, 0.25) is 0 Å². The van der Waals surface area contributed by atoms with Crippen LogP contribution in [-0.2, 0) is 16.4 Å². The maximum absolute atomic E-state index is 12.2. The van der Waals surface area contributed by atoms with Crippen molar-refractivity contribution < 1.29 is 8.42 Å². The third-order valence-electron chi connectivity index (χ3n) is 3.64. The van der Waals surface area contributed by atoms with Gasteiger partial charge in [-0.1, -0.05) is 20.3 Å². The van der Waals surface area contributed by atoms with Gasteiger partial charge in [0, 0.05) is 18.8 Å². The largest absolute Gasteiger partial charge is 0.385 e. The van der Waals surface area contributed by atoms with Crippen molar-refractivity contribution in [3.63, 3.8) is 0 Å². The van der Waals surface area contributed by atoms with Crippen molar-refractivity contribution in [1.29, 1.82) is 0 Å². The Morgan fingerprint density at radius 3 is 2.95 bits per heavy atom. The number of rotatable bonds is 5. The maximum Gasteiger partial charge on any atom is 0.240 e. The Hall–Kier alpha value is -1.07. The van der Waals surface area contributed by atoms with E-state index in [1.165, 1.54) is 0 Å². The summed E-state index contributed by atoms with van der Waals surface area (Å²) in [4.78, 5) is 0.373. The molecule has 4 nitrogen and oxygen atoms in total. The van der Waals surface area contributed by atoms with Gasteiger partial charge in [0.1, 0.15) is 0 Å². The summed E-state index contributed by atoms with van der Waals surface area (Å²) in [6.07, 6.45) is 2.96. The highest BCUT2D eigenvalue weighted by atomic mass is 32.2. The Bertz CT molecular complexity index is 540. The molecule has 1 unspecified atom stereocenters. The van der Waals surface area contributed by atoms with E-state index in [-0.39, 0.29) is 0 Å². The molecule has 0 bridgehead atoms. The van der Waals surface area contributed by atoms with Crippen molar-refractivity contribution in [3.05, 3.63) is 23.8 Å². The molecule has 1 atom stereocenters. The number of aryl methyl sites for hydroxylation is 1. The highest BCUT2D eigenvalue weighted by Crippen LogP contribution is 2.24. The first-order chi connectivity index (χ1) is 9.03. The van der Waals surface area contributed by atoms with Crippen LogP contribution < -0.4 is 10.0 Å². The normalized spacial score (nSPS) is 16.5. The van der Waals surface area contributed by atoms with Crippen LogP contribution in [0.25, 0.3) is 0 Å². The van der Waals surface area contributed by atoms with Crippen LogP contribution in [0, 0.1) is 5.92 Å². The van der Waals surface area contributed by atoms with Gasteiger partial charge in [0.2, 0.25) is 10.0 Å². The van der Waals surface area contributed by atoms with E-state index in [1.54, 1.807) is 12.1 Å². The zero-order chi connectivity index (χ0) is 13.9. The average Bonchev–Trinajstić information content (AvgIpc) is 2.44. The first-order valence-corrected chi connectivity index (χ1v) is 8.37. The summed E-state index contributed by atoms with van der Waals surface area (Å²) in [6.45, 7) is 5.56. The molecule has 0 amide bonds. The minimum atomic E-state index is -3.38. The minimum Gasteiger partial charge on any atom is -0.385 e. The molecule has 1 aliphatic rings. The molecule has 19 heavy (non-hydrogen) atoms. The van der Waals surface area contributed by atoms with E-state index in [0.717, 1.165) is 37.1 Å². The Morgan fingerprint density at radius 2 is 2.21 bits per heavy atom. The Labute approximate surface area is 115 Å². The lowest BCUT2D eigenvalue weighted by Crippen LogP contribution is -2.28. The van der Waals surface area contributed by atoms with E-state index >= 15 is 0 Å². The average molecular weight is 282 g/mol. The van der Waals surface area contributed by atoms with Crippen molar-refractivity contribution >= 4 is 15.7 Å². The highest BCUT2D eigenvalue weighted by Gasteiger charge is 2.17. The monoisotopic (exact) mass is 282 g/mol. The fourth-order valence-electron chi connectivity index (χ4n) is 2.10. The number of hydrogen-bond donors (Lipinski definition) is 2. The number of benzene rings is 1. The fraction of sp³-hybridized carbons (Fsp3) is 0.571. The van der Waals surface area contributed by atoms with Gasteiger partial charge in [0.05, 0.1) is 4.90 Å². The van der Waals surface area contributed by atoms with Gasteiger partial charge in [-0.15, -0.1) is 0 Å². The molecule has 0 aliphatic carbocycles. The zero-order valence-electron chi connectivity index (χ0n) is 11.6. The SMILES string of the molecule is CCC(C)CNS(=O)(=O)c1ccc2c(c1)CCCN2. The third-order valence-corrected chi connectivity index (χ3v) is 5.07. The van der Waals surface area contributed by atoms with E-state index in [2.05, 4.69) is 17.0 Å². The van der Waals surface area contributed by atoms with Crippen LogP contribution in [0.5, 0.6) is 0 Å². The second-order valence-corrected chi connectivity index (χ2v) is 6.98. The van der Waals surface area contributed by atoms with Gasteiger partial charge < -0.3 is 5.32 Å². The number of hydrogen-bond acceptors (Lipinski definition) is 3. The first kappa shape index (κ1) is 14.3. The van der Waals surface area contributed by atoms with Crippen molar-refractivity contribution in [1.82, 2.24) is 4.72 Å². The molecule has 1 aliphatic heterocycles. The summed E-state index contributed by atoms with van der Waals surface area (Å²) in [7, 11) is -3.38. The molecule has 0 saturated heterocycles. The standard InChI is InChI=1S/C14H22N2O2S/c1-3-11(2)10-16-19(17,18)13-6-7-14-12(9-13)5-4-8-15-14/h6-7,9,11,15-16H,3-5,8,10H2,1-2H3. The lowest BCUT2D eigenvalue weighted by molar-refractivity contribution is 0.528.